The summed E-state index contributed by atoms with van der Waals surface area (Å²) in [6.45, 7) is 9.49. The van der Waals surface area contributed by atoms with Crippen molar-refractivity contribution in [1.29, 1.82) is 0 Å². The van der Waals surface area contributed by atoms with Gasteiger partial charge in [0, 0.05) is 19.6 Å². The van der Waals surface area contributed by atoms with Crippen molar-refractivity contribution in [2.45, 2.75) is 46.6 Å². The Labute approximate surface area is 117 Å². The number of piperidine rings is 1. The predicted octanol–water partition coefficient (Wildman–Crippen LogP) is 1.21. The monoisotopic (exact) mass is 292 g/mol. The van der Waals surface area contributed by atoms with Crippen molar-refractivity contribution < 1.29 is 13.5 Å². The van der Waals surface area contributed by atoms with Crippen LogP contribution in [0.1, 0.15) is 40.5 Å². The van der Waals surface area contributed by atoms with Crippen LogP contribution in [0.3, 0.4) is 0 Å². The van der Waals surface area contributed by atoms with Gasteiger partial charge in [-0.1, -0.05) is 27.7 Å². The lowest BCUT2D eigenvalue weighted by Gasteiger charge is -2.34. The Morgan fingerprint density at radius 3 is 2.26 bits per heavy atom. The summed E-state index contributed by atoms with van der Waals surface area (Å²) in [5.74, 6) is 0.961. The summed E-state index contributed by atoms with van der Waals surface area (Å²) in [6.07, 6.45) is 1.08. The smallest absolute Gasteiger partial charge is 0.279 e. The third-order valence-electron chi connectivity index (χ3n) is 3.67. The lowest BCUT2D eigenvalue weighted by molar-refractivity contribution is 0.117. The molecule has 0 aromatic heterocycles. The van der Waals surface area contributed by atoms with Crippen LogP contribution in [0.4, 0.5) is 0 Å². The molecular formula is C13H28N2O3S. The van der Waals surface area contributed by atoms with Crippen LogP contribution in [0.5, 0.6) is 0 Å². The molecule has 0 saturated carbocycles. The van der Waals surface area contributed by atoms with E-state index in [-0.39, 0.29) is 5.92 Å². The van der Waals surface area contributed by atoms with Gasteiger partial charge in [-0.05, 0) is 30.6 Å². The van der Waals surface area contributed by atoms with Gasteiger partial charge in [-0.25, -0.2) is 4.72 Å². The number of aliphatic hydroxyl groups excluding tert-OH is 1. The first kappa shape index (κ1) is 16.9. The van der Waals surface area contributed by atoms with E-state index in [2.05, 4.69) is 18.6 Å². The van der Waals surface area contributed by atoms with E-state index in [1.165, 1.54) is 4.31 Å². The van der Waals surface area contributed by atoms with Gasteiger partial charge in [0.2, 0.25) is 0 Å². The normalized spacial score (nSPS) is 27.7. The Morgan fingerprint density at radius 2 is 1.79 bits per heavy atom. The molecular weight excluding hydrogens is 264 g/mol. The molecule has 5 nitrogen and oxygen atoms in total. The Bertz CT molecular complexity index is 360. The molecule has 114 valence electrons. The van der Waals surface area contributed by atoms with E-state index >= 15 is 0 Å². The molecule has 0 aromatic rings. The van der Waals surface area contributed by atoms with E-state index in [1.807, 2.05) is 13.8 Å². The molecule has 3 unspecified atom stereocenters. The van der Waals surface area contributed by atoms with Crippen LogP contribution in [0.2, 0.25) is 0 Å². The highest BCUT2D eigenvalue weighted by Gasteiger charge is 2.30. The van der Waals surface area contributed by atoms with Crippen LogP contribution < -0.4 is 4.72 Å². The summed E-state index contributed by atoms with van der Waals surface area (Å²) >= 11 is 0. The Balaban J connectivity index is 2.47. The minimum atomic E-state index is -3.40. The van der Waals surface area contributed by atoms with Crippen LogP contribution in [0.25, 0.3) is 0 Å². The number of nitrogens with zero attached hydrogens (tertiary/aromatic N) is 1. The highest BCUT2D eigenvalue weighted by atomic mass is 32.2. The number of hydrogen-bond acceptors (Lipinski definition) is 3. The van der Waals surface area contributed by atoms with Crippen molar-refractivity contribution >= 4 is 10.2 Å². The Hall–Kier alpha value is -0.170. The minimum Gasteiger partial charge on any atom is -0.393 e. The molecule has 1 heterocycles. The number of aliphatic hydroxyl groups is 1. The molecule has 0 bridgehead atoms. The third-order valence-corrected chi connectivity index (χ3v) is 5.22. The molecule has 2 N–H and O–H groups in total. The molecule has 1 aliphatic heterocycles. The van der Waals surface area contributed by atoms with Crippen LogP contribution in [0.15, 0.2) is 0 Å². The lowest BCUT2D eigenvalue weighted by atomic mass is 9.94. The van der Waals surface area contributed by atoms with E-state index < -0.39 is 16.3 Å². The summed E-state index contributed by atoms with van der Waals surface area (Å²) in [7, 11) is -3.40. The molecule has 1 fully saturated rings. The first-order valence-corrected chi connectivity index (χ1v) is 8.59. The van der Waals surface area contributed by atoms with Gasteiger partial charge in [-0.3, -0.25) is 0 Å². The van der Waals surface area contributed by atoms with Gasteiger partial charge in [0.25, 0.3) is 10.2 Å². The largest absolute Gasteiger partial charge is 0.393 e. The molecule has 0 aliphatic carbocycles. The average Bonchev–Trinajstić information content (AvgIpc) is 2.27. The summed E-state index contributed by atoms with van der Waals surface area (Å²) in [4.78, 5) is 0. The maximum Gasteiger partial charge on any atom is 0.279 e. The SMILES string of the molecule is CC1CC(C)CN(S(=O)(=O)NCCC(O)C(C)C)C1. The van der Waals surface area contributed by atoms with E-state index in [4.69, 9.17) is 0 Å². The van der Waals surface area contributed by atoms with Gasteiger partial charge < -0.3 is 5.11 Å². The fourth-order valence-corrected chi connectivity index (χ4v) is 4.02. The van der Waals surface area contributed by atoms with Crippen LogP contribution in [-0.4, -0.2) is 43.6 Å². The molecule has 1 rings (SSSR count). The zero-order valence-electron chi connectivity index (χ0n) is 12.5. The fraction of sp³-hybridized carbons (Fsp3) is 1.00. The van der Waals surface area contributed by atoms with E-state index in [1.54, 1.807) is 0 Å². The second-order valence-electron chi connectivity index (χ2n) is 6.26. The maximum absolute atomic E-state index is 12.2. The zero-order valence-corrected chi connectivity index (χ0v) is 13.3. The van der Waals surface area contributed by atoms with Crippen molar-refractivity contribution in [3.05, 3.63) is 0 Å². The van der Waals surface area contributed by atoms with E-state index in [0.717, 1.165) is 6.42 Å². The van der Waals surface area contributed by atoms with Gasteiger partial charge >= 0.3 is 0 Å². The summed E-state index contributed by atoms with van der Waals surface area (Å²) < 4.78 is 28.5. The van der Waals surface area contributed by atoms with Gasteiger partial charge in [0.05, 0.1) is 6.10 Å². The minimum absolute atomic E-state index is 0.152. The summed E-state index contributed by atoms with van der Waals surface area (Å²) in [5.41, 5.74) is 0. The second-order valence-corrected chi connectivity index (χ2v) is 8.02. The number of nitrogens with one attached hydrogen (secondary N) is 1. The van der Waals surface area contributed by atoms with Gasteiger partial charge in [-0.15, -0.1) is 0 Å². The molecule has 3 atom stereocenters. The van der Waals surface area contributed by atoms with E-state index in [0.29, 0.717) is 37.9 Å². The number of hydrogen-bond donors (Lipinski definition) is 2. The maximum atomic E-state index is 12.2. The third kappa shape index (κ3) is 5.38. The molecule has 1 saturated heterocycles. The van der Waals surface area contributed by atoms with Crippen LogP contribution in [-0.2, 0) is 10.2 Å². The number of rotatable bonds is 6. The highest BCUT2D eigenvalue weighted by molar-refractivity contribution is 7.87. The van der Waals surface area contributed by atoms with E-state index in [9.17, 15) is 13.5 Å². The van der Waals surface area contributed by atoms with Crippen molar-refractivity contribution in [2.24, 2.45) is 17.8 Å². The van der Waals surface area contributed by atoms with Crippen molar-refractivity contribution in [3.8, 4) is 0 Å². The Kier molecular flexibility index (Phi) is 6.23. The molecule has 0 radical (unpaired) electrons. The zero-order chi connectivity index (χ0) is 14.6. The van der Waals surface area contributed by atoms with Crippen molar-refractivity contribution in [1.82, 2.24) is 9.03 Å². The highest BCUT2D eigenvalue weighted by Crippen LogP contribution is 2.22. The van der Waals surface area contributed by atoms with Crippen molar-refractivity contribution in [3.63, 3.8) is 0 Å². The topological polar surface area (TPSA) is 69.6 Å². The van der Waals surface area contributed by atoms with Crippen molar-refractivity contribution in [2.75, 3.05) is 19.6 Å². The molecule has 1 aliphatic rings. The molecule has 0 spiro atoms. The first-order valence-electron chi connectivity index (χ1n) is 7.15. The first-order chi connectivity index (χ1) is 8.72. The van der Waals surface area contributed by atoms with Gasteiger partial charge in [-0.2, -0.15) is 12.7 Å². The van der Waals surface area contributed by atoms with Crippen LogP contribution in [0, 0.1) is 17.8 Å². The summed E-state index contributed by atoms with van der Waals surface area (Å²) in [5, 5.41) is 9.67. The van der Waals surface area contributed by atoms with Crippen LogP contribution >= 0.6 is 0 Å². The lowest BCUT2D eigenvalue weighted by Crippen LogP contribution is -2.48. The second kappa shape index (κ2) is 7.02. The molecule has 0 amide bonds. The predicted molar refractivity (Wildman–Crippen MR) is 76.9 cm³/mol. The fourth-order valence-electron chi connectivity index (χ4n) is 2.56. The molecule has 19 heavy (non-hydrogen) atoms. The summed E-state index contributed by atoms with van der Waals surface area (Å²) in [6, 6.07) is 0. The van der Waals surface area contributed by atoms with Gasteiger partial charge in [0.15, 0.2) is 0 Å². The Morgan fingerprint density at radius 1 is 1.26 bits per heavy atom. The van der Waals surface area contributed by atoms with Gasteiger partial charge in [0.1, 0.15) is 0 Å². The quantitative estimate of drug-likeness (QED) is 0.773. The average molecular weight is 292 g/mol. The molecule has 6 heteroatoms. The standard InChI is InChI=1S/C13H28N2O3S/c1-10(2)13(16)5-6-14-19(17,18)15-8-11(3)7-12(4)9-15/h10-14,16H,5-9H2,1-4H3. The molecule has 0 aromatic carbocycles.